The van der Waals surface area contributed by atoms with Crippen LogP contribution in [0.3, 0.4) is 0 Å². The first kappa shape index (κ1) is 24.3. The van der Waals surface area contributed by atoms with Crippen molar-refractivity contribution in [3.63, 3.8) is 0 Å². The number of aliphatic hydroxyl groups is 1. The Morgan fingerprint density at radius 1 is 1.26 bits per heavy atom. The largest absolute Gasteiger partial charge is 0.508 e. The molecule has 0 bridgehead atoms. The van der Waals surface area contributed by atoms with Gasteiger partial charge in [0.15, 0.2) is 0 Å². The molecule has 0 saturated heterocycles. The second kappa shape index (κ2) is 10.8. The van der Waals surface area contributed by atoms with Crippen LogP contribution >= 0.6 is 0 Å². The van der Waals surface area contributed by atoms with Gasteiger partial charge < -0.3 is 19.2 Å². The predicted molar refractivity (Wildman–Crippen MR) is 121 cm³/mol. The van der Waals surface area contributed by atoms with E-state index in [1.807, 2.05) is 45.9 Å². The maximum absolute atomic E-state index is 12.9. The van der Waals surface area contributed by atoms with E-state index < -0.39 is 17.3 Å². The van der Waals surface area contributed by atoms with Crippen molar-refractivity contribution in [3.05, 3.63) is 81.6 Å². The normalized spacial score (nSPS) is 15.6. The molecule has 0 radical (unpaired) electrons. The fourth-order valence-electron chi connectivity index (χ4n) is 3.13. The van der Waals surface area contributed by atoms with Crippen LogP contribution < -0.4 is 5.63 Å². The number of nitrogens with zero attached hydrogens (tertiary/aromatic N) is 1. The third-order valence-corrected chi connectivity index (χ3v) is 4.67. The molecule has 0 spiro atoms. The molecule has 1 heterocycles. The molecule has 1 aromatic rings. The van der Waals surface area contributed by atoms with Crippen molar-refractivity contribution in [2.45, 2.75) is 59.6 Å². The molecule has 1 unspecified atom stereocenters. The number of rotatable bonds is 5. The van der Waals surface area contributed by atoms with Gasteiger partial charge in [-0.05, 0) is 83.2 Å². The van der Waals surface area contributed by atoms with Crippen LogP contribution in [0.4, 0.5) is 4.79 Å². The molecule has 6 heteroatoms. The standard InChI is InChI=1S/C25H33NO5/c1-18-8-6-7-9-21(23(28)30-19(2)16-18)17-26(24(29)31-25(3,4)5)15-14-20-10-12-22(27)13-11-20/h6-10,12-13,16,20,27H,11,14-15,17H2,1-5H3. The highest BCUT2D eigenvalue weighted by Crippen LogP contribution is 2.20. The first-order valence-corrected chi connectivity index (χ1v) is 10.5. The van der Waals surface area contributed by atoms with Gasteiger partial charge in [-0.2, -0.15) is 0 Å². The Hall–Kier alpha value is -3.02. The van der Waals surface area contributed by atoms with Gasteiger partial charge in [0.1, 0.15) is 17.1 Å². The molecule has 1 aliphatic rings. The van der Waals surface area contributed by atoms with E-state index in [9.17, 15) is 14.7 Å². The van der Waals surface area contributed by atoms with Crippen molar-refractivity contribution in [3.8, 4) is 0 Å². The predicted octanol–water partition coefficient (Wildman–Crippen LogP) is 5.53. The zero-order chi connectivity index (χ0) is 23.0. The number of allylic oxidation sites excluding steroid dienone is 3. The number of carbonyl (C=O) groups is 1. The van der Waals surface area contributed by atoms with Crippen molar-refractivity contribution in [2.75, 3.05) is 6.54 Å². The summed E-state index contributed by atoms with van der Waals surface area (Å²) in [4.78, 5) is 27.1. The van der Waals surface area contributed by atoms with E-state index in [1.165, 1.54) is 4.90 Å². The molecule has 1 aromatic heterocycles. The van der Waals surface area contributed by atoms with Crippen LogP contribution in [0.2, 0.25) is 0 Å². The van der Waals surface area contributed by atoms with E-state index in [-0.39, 0.29) is 18.2 Å². The summed E-state index contributed by atoms with van der Waals surface area (Å²) < 4.78 is 11.0. The van der Waals surface area contributed by atoms with Crippen molar-refractivity contribution >= 4 is 6.09 Å². The van der Waals surface area contributed by atoms with Crippen molar-refractivity contribution in [2.24, 2.45) is 5.92 Å². The highest BCUT2D eigenvalue weighted by molar-refractivity contribution is 5.68. The number of hydrogen-bond donors (Lipinski definition) is 1. The van der Waals surface area contributed by atoms with E-state index >= 15 is 0 Å². The molecule has 0 aliphatic heterocycles. The Kier molecular flexibility index (Phi) is 8.48. The molecule has 0 fully saturated rings. The lowest BCUT2D eigenvalue weighted by molar-refractivity contribution is 0.0224. The average molecular weight is 428 g/mol. The van der Waals surface area contributed by atoms with E-state index in [2.05, 4.69) is 0 Å². The number of aryl methyl sites for hydroxylation is 2. The number of aliphatic hydroxyl groups excluding tert-OH is 1. The third kappa shape index (κ3) is 8.70. The molecule has 1 N–H and O–H groups in total. The molecular weight excluding hydrogens is 394 g/mol. The summed E-state index contributed by atoms with van der Waals surface area (Å²) in [6.45, 7) is 9.55. The van der Waals surface area contributed by atoms with E-state index in [4.69, 9.17) is 9.15 Å². The minimum Gasteiger partial charge on any atom is -0.508 e. The SMILES string of the molecule is Cc1ccccc(CN(CCC2C=CC(O)=CC2)C(=O)OC(C)(C)C)c(=O)oc(C)c1. The quantitative estimate of drug-likeness (QED) is 0.669. The summed E-state index contributed by atoms with van der Waals surface area (Å²) in [6.07, 6.45) is 6.27. The lowest BCUT2D eigenvalue weighted by Crippen LogP contribution is -2.38. The monoisotopic (exact) mass is 427 g/mol. The van der Waals surface area contributed by atoms with Gasteiger partial charge in [-0.1, -0.05) is 24.3 Å². The highest BCUT2D eigenvalue weighted by atomic mass is 16.6. The van der Waals surface area contributed by atoms with Crippen molar-refractivity contribution < 1.29 is 19.1 Å². The lowest BCUT2D eigenvalue weighted by atomic mass is 9.96. The lowest BCUT2D eigenvalue weighted by Gasteiger charge is -2.28. The summed E-state index contributed by atoms with van der Waals surface area (Å²) in [5, 5.41) is 9.51. The number of amides is 1. The molecule has 1 aliphatic carbocycles. The first-order chi connectivity index (χ1) is 14.5. The summed E-state index contributed by atoms with van der Waals surface area (Å²) in [6, 6.07) is 8.99. The van der Waals surface area contributed by atoms with Crippen LogP contribution in [0.15, 0.2) is 63.5 Å². The second-order valence-electron chi connectivity index (χ2n) is 8.81. The molecule has 168 valence electrons. The van der Waals surface area contributed by atoms with E-state index in [0.717, 1.165) is 5.56 Å². The summed E-state index contributed by atoms with van der Waals surface area (Å²) in [5.41, 5.74) is 0.183. The molecule has 31 heavy (non-hydrogen) atoms. The highest BCUT2D eigenvalue weighted by Gasteiger charge is 2.24. The molecule has 2 rings (SSSR count). The van der Waals surface area contributed by atoms with E-state index in [1.54, 1.807) is 37.3 Å². The minimum absolute atomic E-state index is 0.0750. The molecule has 0 aromatic carbocycles. The van der Waals surface area contributed by atoms with Crippen LogP contribution in [-0.2, 0) is 11.3 Å². The fraction of sp³-hybridized carbons (Fsp3) is 0.440. The van der Waals surface area contributed by atoms with Crippen LogP contribution in [0.1, 0.15) is 50.5 Å². The number of ether oxygens (including phenoxy) is 1. The minimum atomic E-state index is -0.651. The fourth-order valence-corrected chi connectivity index (χ4v) is 3.13. The zero-order valence-corrected chi connectivity index (χ0v) is 19.1. The van der Waals surface area contributed by atoms with Gasteiger partial charge in [0.25, 0.3) is 0 Å². The Bertz CT molecular complexity index is 951. The first-order valence-electron chi connectivity index (χ1n) is 10.5. The van der Waals surface area contributed by atoms with Gasteiger partial charge in [-0.15, -0.1) is 0 Å². The van der Waals surface area contributed by atoms with Crippen LogP contribution in [-0.4, -0.2) is 28.2 Å². The van der Waals surface area contributed by atoms with Crippen molar-refractivity contribution in [1.29, 1.82) is 0 Å². The summed E-state index contributed by atoms with van der Waals surface area (Å²) >= 11 is 0. The van der Waals surface area contributed by atoms with Crippen LogP contribution in [0.25, 0.3) is 0 Å². The third-order valence-electron chi connectivity index (χ3n) is 4.67. The molecule has 6 nitrogen and oxygen atoms in total. The van der Waals surface area contributed by atoms with Gasteiger partial charge in [0.2, 0.25) is 0 Å². The summed E-state index contributed by atoms with van der Waals surface area (Å²) in [7, 11) is 0. The molecule has 1 amide bonds. The van der Waals surface area contributed by atoms with Gasteiger partial charge in [0, 0.05) is 6.54 Å². The van der Waals surface area contributed by atoms with Gasteiger partial charge in [-0.25, -0.2) is 9.59 Å². The number of carbonyl (C=O) groups excluding carboxylic acids is 1. The van der Waals surface area contributed by atoms with E-state index in [0.29, 0.717) is 30.7 Å². The Labute approximate surface area is 184 Å². The topological polar surface area (TPSA) is 80.0 Å². The molecule has 0 saturated carbocycles. The Balaban J connectivity index is 2.30. The average Bonchev–Trinajstić information content (AvgIpc) is 2.65. The Morgan fingerprint density at radius 2 is 1.97 bits per heavy atom. The Morgan fingerprint density at radius 3 is 2.61 bits per heavy atom. The smallest absolute Gasteiger partial charge is 0.410 e. The van der Waals surface area contributed by atoms with Gasteiger partial charge in [-0.3, -0.25) is 0 Å². The van der Waals surface area contributed by atoms with Crippen LogP contribution in [0, 0.1) is 19.8 Å². The van der Waals surface area contributed by atoms with Crippen LogP contribution in [0.5, 0.6) is 0 Å². The zero-order valence-electron chi connectivity index (χ0n) is 19.1. The molecular formula is C25H33NO5. The van der Waals surface area contributed by atoms with Gasteiger partial charge in [0.05, 0.1) is 12.1 Å². The maximum Gasteiger partial charge on any atom is 0.410 e. The number of hydrogen-bond acceptors (Lipinski definition) is 5. The van der Waals surface area contributed by atoms with Gasteiger partial charge >= 0.3 is 11.7 Å². The van der Waals surface area contributed by atoms with Crippen molar-refractivity contribution in [1.82, 2.24) is 4.90 Å². The maximum atomic E-state index is 12.9. The molecule has 1 atom stereocenters. The second-order valence-corrected chi connectivity index (χ2v) is 8.81. The summed E-state index contributed by atoms with van der Waals surface area (Å²) in [5.74, 6) is 0.945.